The lowest BCUT2D eigenvalue weighted by Gasteiger charge is -2.11. The molecular formula is C11H15N3O3. The number of rotatable bonds is 4. The molecule has 0 aliphatic carbocycles. The quantitative estimate of drug-likeness (QED) is 0.602. The molecule has 0 bridgehead atoms. The van der Waals surface area contributed by atoms with Crippen LogP contribution in [0, 0.1) is 17.0 Å². The topological polar surface area (TPSA) is 98.3 Å². The Balaban J connectivity index is 2.97. The van der Waals surface area contributed by atoms with Crippen molar-refractivity contribution in [3.05, 3.63) is 39.4 Å². The maximum Gasteiger partial charge on any atom is 0.270 e. The predicted molar refractivity (Wildman–Crippen MR) is 63.8 cm³/mol. The van der Waals surface area contributed by atoms with Crippen molar-refractivity contribution in [1.82, 2.24) is 5.32 Å². The van der Waals surface area contributed by atoms with Gasteiger partial charge in [-0.15, -0.1) is 0 Å². The molecule has 0 aliphatic heterocycles. The third kappa shape index (κ3) is 3.53. The summed E-state index contributed by atoms with van der Waals surface area (Å²) in [5.74, 6) is -0.352. The number of nitrogens with zero attached hydrogens (tertiary/aromatic N) is 1. The van der Waals surface area contributed by atoms with E-state index in [-0.39, 0.29) is 23.2 Å². The van der Waals surface area contributed by atoms with Gasteiger partial charge in [0, 0.05) is 30.3 Å². The summed E-state index contributed by atoms with van der Waals surface area (Å²) in [4.78, 5) is 21.9. The molecule has 1 aromatic carbocycles. The first kappa shape index (κ1) is 13.1. The molecule has 0 saturated carbocycles. The van der Waals surface area contributed by atoms with Crippen LogP contribution in [0.5, 0.6) is 0 Å². The second-order valence-electron chi connectivity index (χ2n) is 3.92. The number of amides is 1. The van der Waals surface area contributed by atoms with E-state index >= 15 is 0 Å². The largest absolute Gasteiger partial charge is 0.348 e. The molecule has 1 amide bonds. The van der Waals surface area contributed by atoms with Crippen LogP contribution in [0.2, 0.25) is 0 Å². The van der Waals surface area contributed by atoms with Crippen molar-refractivity contribution < 1.29 is 9.72 Å². The van der Waals surface area contributed by atoms with E-state index in [1.165, 1.54) is 12.1 Å². The third-order valence-corrected chi connectivity index (χ3v) is 2.27. The molecule has 0 spiro atoms. The minimum Gasteiger partial charge on any atom is -0.348 e. The first-order chi connectivity index (χ1) is 7.93. The van der Waals surface area contributed by atoms with Crippen LogP contribution in [0.25, 0.3) is 0 Å². The molecule has 0 saturated heterocycles. The van der Waals surface area contributed by atoms with Crippen molar-refractivity contribution >= 4 is 11.6 Å². The lowest BCUT2D eigenvalue weighted by atomic mass is 10.1. The van der Waals surface area contributed by atoms with Crippen molar-refractivity contribution in [1.29, 1.82) is 0 Å². The van der Waals surface area contributed by atoms with E-state index in [0.29, 0.717) is 12.1 Å². The SMILES string of the molecule is Cc1cc(C(=O)N[C@@H](C)CN)cc([N+](=O)[O-])c1. The van der Waals surface area contributed by atoms with Crippen LogP contribution in [0.3, 0.4) is 0 Å². The van der Waals surface area contributed by atoms with Crippen LogP contribution in [-0.2, 0) is 0 Å². The zero-order valence-electron chi connectivity index (χ0n) is 9.77. The van der Waals surface area contributed by atoms with Crippen LogP contribution in [-0.4, -0.2) is 23.4 Å². The lowest BCUT2D eigenvalue weighted by Crippen LogP contribution is -2.37. The average molecular weight is 237 g/mol. The molecular weight excluding hydrogens is 222 g/mol. The number of nitrogens with one attached hydrogen (secondary N) is 1. The summed E-state index contributed by atoms with van der Waals surface area (Å²) in [7, 11) is 0. The van der Waals surface area contributed by atoms with Crippen LogP contribution >= 0.6 is 0 Å². The fraction of sp³-hybridized carbons (Fsp3) is 0.364. The highest BCUT2D eigenvalue weighted by Gasteiger charge is 2.14. The maximum absolute atomic E-state index is 11.8. The van der Waals surface area contributed by atoms with Gasteiger partial charge in [-0.3, -0.25) is 14.9 Å². The van der Waals surface area contributed by atoms with Gasteiger partial charge < -0.3 is 11.1 Å². The number of nitro groups is 1. The zero-order valence-corrected chi connectivity index (χ0v) is 9.77. The van der Waals surface area contributed by atoms with Crippen molar-refractivity contribution in [2.24, 2.45) is 5.73 Å². The maximum atomic E-state index is 11.8. The van der Waals surface area contributed by atoms with E-state index in [1.807, 2.05) is 0 Å². The number of hydrogen-bond donors (Lipinski definition) is 2. The van der Waals surface area contributed by atoms with Gasteiger partial charge in [-0.25, -0.2) is 0 Å². The van der Waals surface area contributed by atoms with Crippen molar-refractivity contribution in [3.8, 4) is 0 Å². The molecule has 0 heterocycles. The standard InChI is InChI=1S/C11H15N3O3/c1-7-3-9(5-10(4-7)14(16)17)11(15)13-8(2)6-12/h3-5,8H,6,12H2,1-2H3,(H,13,15)/t8-/m0/s1. The van der Waals surface area contributed by atoms with Crippen LogP contribution in [0.1, 0.15) is 22.8 Å². The predicted octanol–water partition coefficient (Wildman–Crippen LogP) is 0.980. The summed E-state index contributed by atoms with van der Waals surface area (Å²) in [5, 5.41) is 13.3. The summed E-state index contributed by atoms with van der Waals surface area (Å²) in [6, 6.07) is 4.11. The molecule has 1 rings (SSSR count). The fourth-order valence-electron chi connectivity index (χ4n) is 1.37. The fourth-order valence-corrected chi connectivity index (χ4v) is 1.37. The van der Waals surface area contributed by atoms with Gasteiger partial charge in [-0.2, -0.15) is 0 Å². The number of nitro benzene ring substituents is 1. The Kier molecular flexibility index (Phi) is 4.17. The normalized spacial score (nSPS) is 11.9. The number of aryl methyl sites for hydroxylation is 1. The zero-order chi connectivity index (χ0) is 13.0. The van der Waals surface area contributed by atoms with E-state index in [4.69, 9.17) is 5.73 Å². The molecule has 17 heavy (non-hydrogen) atoms. The highest BCUT2D eigenvalue weighted by Crippen LogP contribution is 2.16. The molecule has 1 aromatic rings. The van der Waals surface area contributed by atoms with Gasteiger partial charge in [-0.05, 0) is 25.5 Å². The monoisotopic (exact) mass is 237 g/mol. The second-order valence-corrected chi connectivity index (χ2v) is 3.92. The van der Waals surface area contributed by atoms with Gasteiger partial charge in [0.1, 0.15) is 0 Å². The number of non-ortho nitro benzene ring substituents is 1. The first-order valence-electron chi connectivity index (χ1n) is 5.21. The molecule has 92 valence electrons. The van der Waals surface area contributed by atoms with Crippen LogP contribution < -0.4 is 11.1 Å². The Morgan fingerprint density at radius 2 is 2.18 bits per heavy atom. The summed E-state index contributed by atoms with van der Waals surface area (Å²) in [6.45, 7) is 3.79. The van der Waals surface area contributed by atoms with E-state index in [9.17, 15) is 14.9 Å². The van der Waals surface area contributed by atoms with Crippen molar-refractivity contribution in [2.75, 3.05) is 6.54 Å². The molecule has 0 unspecified atom stereocenters. The molecule has 0 radical (unpaired) electrons. The number of carbonyl (C=O) groups is 1. The van der Waals surface area contributed by atoms with E-state index < -0.39 is 4.92 Å². The lowest BCUT2D eigenvalue weighted by molar-refractivity contribution is -0.384. The Labute approximate surface area is 99.0 Å². The summed E-state index contributed by atoms with van der Waals surface area (Å²) in [6.07, 6.45) is 0. The first-order valence-corrected chi connectivity index (χ1v) is 5.21. The van der Waals surface area contributed by atoms with Gasteiger partial charge in [0.15, 0.2) is 0 Å². The number of hydrogen-bond acceptors (Lipinski definition) is 4. The Bertz CT molecular complexity index is 446. The highest BCUT2D eigenvalue weighted by molar-refractivity contribution is 5.95. The molecule has 6 nitrogen and oxygen atoms in total. The summed E-state index contributed by atoms with van der Waals surface area (Å²) >= 11 is 0. The Morgan fingerprint density at radius 3 is 2.71 bits per heavy atom. The minimum absolute atomic E-state index is 0.0875. The molecule has 0 aliphatic rings. The van der Waals surface area contributed by atoms with Gasteiger partial charge >= 0.3 is 0 Å². The van der Waals surface area contributed by atoms with Gasteiger partial charge in [0.2, 0.25) is 0 Å². The third-order valence-electron chi connectivity index (χ3n) is 2.27. The number of nitrogens with two attached hydrogens (primary N) is 1. The van der Waals surface area contributed by atoms with Crippen LogP contribution in [0.15, 0.2) is 18.2 Å². The average Bonchev–Trinajstić information content (AvgIpc) is 2.27. The number of benzene rings is 1. The Hall–Kier alpha value is -1.95. The highest BCUT2D eigenvalue weighted by atomic mass is 16.6. The Morgan fingerprint density at radius 1 is 1.53 bits per heavy atom. The van der Waals surface area contributed by atoms with Crippen molar-refractivity contribution in [2.45, 2.75) is 19.9 Å². The molecule has 6 heteroatoms. The molecule has 0 fully saturated rings. The van der Waals surface area contributed by atoms with E-state index in [1.54, 1.807) is 19.9 Å². The van der Waals surface area contributed by atoms with E-state index in [2.05, 4.69) is 5.32 Å². The van der Waals surface area contributed by atoms with Gasteiger partial charge in [-0.1, -0.05) is 0 Å². The van der Waals surface area contributed by atoms with Crippen molar-refractivity contribution in [3.63, 3.8) is 0 Å². The van der Waals surface area contributed by atoms with Gasteiger partial charge in [0.05, 0.1) is 4.92 Å². The smallest absolute Gasteiger partial charge is 0.270 e. The summed E-state index contributed by atoms with van der Waals surface area (Å²) in [5.41, 5.74) is 6.24. The summed E-state index contributed by atoms with van der Waals surface area (Å²) < 4.78 is 0. The van der Waals surface area contributed by atoms with E-state index in [0.717, 1.165) is 0 Å². The van der Waals surface area contributed by atoms with Crippen LogP contribution in [0.4, 0.5) is 5.69 Å². The minimum atomic E-state index is -0.518. The number of carbonyl (C=O) groups excluding carboxylic acids is 1. The molecule has 1 atom stereocenters. The second kappa shape index (κ2) is 5.40. The van der Waals surface area contributed by atoms with Gasteiger partial charge in [0.25, 0.3) is 11.6 Å². The molecule has 0 aromatic heterocycles. The molecule has 3 N–H and O–H groups in total.